The fraction of sp³-hybridized carbons (Fsp3) is 0.833. The maximum absolute atomic E-state index is 10.1. The van der Waals surface area contributed by atoms with Crippen molar-refractivity contribution in [1.29, 1.82) is 0 Å². The van der Waals surface area contributed by atoms with E-state index in [1.54, 1.807) is 0 Å². The third-order valence-corrected chi connectivity index (χ3v) is 2.48. The van der Waals surface area contributed by atoms with Gasteiger partial charge in [-0.05, 0) is 38.5 Å². The van der Waals surface area contributed by atoms with Crippen LogP contribution in [0.15, 0.2) is 0 Å². The Labute approximate surface area is 118 Å². The molecule has 8 nitrogen and oxygen atoms in total. The summed E-state index contributed by atoms with van der Waals surface area (Å²) in [5.74, 6) is -1.95. The Kier molecular flexibility index (Phi) is 15.0. The predicted octanol–water partition coefficient (Wildman–Crippen LogP) is -0.878. The van der Waals surface area contributed by atoms with Gasteiger partial charge in [0, 0.05) is 13.2 Å². The molecule has 0 aliphatic rings. The van der Waals surface area contributed by atoms with Gasteiger partial charge in [-0.3, -0.25) is 9.59 Å². The number of carboxylic acid groups (broad SMARTS) is 2. The van der Waals surface area contributed by atoms with Crippen molar-refractivity contribution in [2.24, 2.45) is 11.5 Å². The molecule has 0 fully saturated rings. The summed E-state index contributed by atoms with van der Waals surface area (Å²) in [6, 6.07) is -1.54. The summed E-state index contributed by atoms with van der Waals surface area (Å²) in [6.07, 6.45) is 3.47. The van der Waals surface area contributed by atoms with E-state index in [0.717, 1.165) is 0 Å². The van der Waals surface area contributed by atoms with E-state index in [4.69, 9.17) is 31.9 Å². The van der Waals surface area contributed by atoms with Gasteiger partial charge in [-0.25, -0.2) is 0 Å². The van der Waals surface area contributed by atoms with Gasteiger partial charge in [0.1, 0.15) is 12.1 Å². The van der Waals surface area contributed by atoms with E-state index >= 15 is 0 Å². The first-order chi connectivity index (χ1) is 9.36. The van der Waals surface area contributed by atoms with Crippen molar-refractivity contribution in [2.75, 3.05) is 13.2 Å². The van der Waals surface area contributed by atoms with Crippen molar-refractivity contribution in [1.82, 2.24) is 0 Å². The Hall–Kier alpha value is -1.22. The number of carbonyl (C=O) groups is 2. The monoisotopic (exact) mass is 294 g/mol. The molecule has 0 heterocycles. The molecule has 20 heavy (non-hydrogen) atoms. The molecule has 8 heteroatoms. The van der Waals surface area contributed by atoms with E-state index in [-0.39, 0.29) is 13.2 Å². The van der Waals surface area contributed by atoms with E-state index in [1.807, 2.05) is 0 Å². The lowest BCUT2D eigenvalue weighted by molar-refractivity contribution is -0.139. The predicted molar refractivity (Wildman–Crippen MR) is 73.1 cm³/mol. The molecule has 0 aliphatic carbocycles. The van der Waals surface area contributed by atoms with E-state index < -0.39 is 24.0 Å². The van der Waals surface area contributed by atoms with Crippen LogP contribution in [-0.2, 0) is 9.59 Å². The van der Waals surface area contributed by atoms with Crippen LogP contribution >= 0.6 is 0 Å². The van der Waals surface area contributed by atoms with Gasteiger partial charge in [-0.2, -0.15) is 0 Å². The highest BCUT2D eigenvalue weighted by Crippen LogP contribution is 1.98. The highest BCUT2D eigenvalue weighted by Gasteiger charge is 2.09. The van der Waals surface area contributed by atoms with Gasteiger partial charge < -0.3 is 31.9 Å². The topological polar surface area (TPSA) is 167 Å². The summed E-state index contributed by atoms with van der Waals surface area (Å²) in [5, 5.41) is 33.2. The molecule has 0 aromatic carbocycles. The molecule has 0 spiro atoms. The second kappa shape index (κ2) is 14.2. The number of carboxylic acids is 2. The van der Waals surface area contributed by atoms with Crippen molar-refractivity contribution >= 4 is 11.9 Å². The average Bonchev–Trinajstić information content (AvgIpc) is 2.39. The molecule has 0 aromatic heterocycles. The Bertz CT molecular complexity index is 236. The second-order valence-electron chi connectivity index (χ2n) is 4.33. The largest absolute Gasteiger partial charge is 0.480 e. The van der Waals surface area contributed by atoms with Gasteiger partial charge >= 0.3 is 11.9 Å². The van der Waals surface area contributed by atoms with Crippen LogP contribution in [0.2, 0.25) is 0 Å². The molecule has 0 bridgehead atoms. The summed E-state index contributed by atoms with van der Waals surface area (Å²) in [7, 11) is 0. The molecule has 0 rings (SSSR count). The summed E-state index contributed by atoms with van der Waals surface area (Å²) < 4.78 is 0. The first kappa shape index (κ1) is 21.1. The fourth-order valence-corrected chi connectivity index (χ4v) is 1.20. The van der Waals surface area contributed by atoms with E-state index in [1.165, 1.54) is 0 Å². The van der Waals surface area contributed by atoms with E-state index in [9.17, 15) is 9.59 Å². The molecule has 0 radical (unpaired) electrons. The number of aliphatic hydroxyl groups is 2. The maximum atomic E-state index is 10.1. The van der Waals surface area contributed by atoms with Crippen LogP contribution in [0.1, 0.15) is 38.5 Å². The van der Waals surface area contributed by atoms with Crippen molar-refractivity contribution < 1.29 is 30.0 Å². The van der Waals surface area contributed by atoms with Crippen LogP contribution in [0, 0.1) is 0 Å². The normalized spacial score (nSPS) is 13.0. The summed E-state index contributed by atoms with van der Waals surface area (Å²) in [5.41, 5.74) is 10.4. The molecule has 8 N–H and O–H groups in total. The van der Waals surface area contributed by atoms with Gasteiger partial charge in [0.2, 0.25) is 0 Å². The molecule has 2 atom stereocenters. The third-order valence-electron chi connectivity index (χ3n) is 2.48. The third kappa shape index (κ3) is 14.8. The zero-order valence-electron chi connectivity index (χ0n) is 11.6. The van der Waals surface area contributed by atoms with Crippen molar-refractivity contribution in [3.63, 3.8) is 0 Å². The molecule has 0 saturated carbocycles. The Morgan fingerprint density at radius 2 is 1.05 bits per heavy atom. The number of hydrogen-bond donors (Lipinski definition) is 6. The molecule has 0 aliphatic heterocycles. The molecule has 0 unspecified atom stereocenters. The minimum atomic E-state index is -0.974. The zero-order chi connectivity index (χ0) is 16.0. The molecule has 0 amide bonds. The van der Waals surface area contributed by atoms with Crippen molar-refractivity contribution in [3.8, 4) is 0 Å². The number of aliphatic carboxylic acids is 2. The highest BCUT2D eigenvalue weighted by molar-refractivity contribution is 5.73. The minimum Gasteiger partial charge on any atom is -0.480 e. The average molecular weight is 294 g/mol. The standard InChI is InChI=1S/2C6H13NO3/c2*7-5(6(9)10)3-1-2-4-8/h2*5,8H,1-4,7H2,(H,9,10)/t2*5-/m10/s1. The Morgan fingerprint density at radius 1 is 0.750 bits per heavy atom. The lowest BCUT2D eigenvalue weighted by Crippen LogP contribution is -2.29. The summed E-state index contributed by atoms with van der Waals surface area (Å²) >= 11 is 0. The SMILES string of the molecule is N[C@@H](CCCCO)C(=O)O.N[C@H](CCCCO)C(=O)O. The zero-order valence-corrected chi connectivity index (χ0v) is 11.6. The molecule has 120 valence electrons. The van der Waals surface area contributed by atoms with Gasteiger partial charge in [0.05, 0.1) is 0 Å². The number of unbranched alkanes of at least 4 members (excludes halogenated alkanes) is 2. The van der Waals surface area contributed by atoms with Crippen molar-refractivity contribution in [3.05, 3.63) is 0 Å². The lowest BCUT2D eigenvalue weighted by atomic mass is 10.1. The van der Waals surface area contributed by atoms with E-state index in [0.29, 0.717) is 38.5 Å². The second-order valence-corrected chi connectivity index (χ2v) is 4.33. The number of nitrogens with two attached hydrogens (primary N) is 2. The van der Waals surface area contributed by atoms with Crippen LogP contribution in [-0.4, -0.2) is 57.7 Å². The lowest BCUT2D eigenvalue weighted by Gasteiger charge is -2.03. The first-order valence-corrected chi connectivity index (χ1v) is 6.55. The Morgan fingerprint density at radius 3 is 1.25 bits per heavy atom. The summed E-state index contributed by atoms with van der Waals surface area (Å²) in [6.45, 7) is 0.207. The van der Waals surface area contributed by atoms with Gasteiger partial charge in [-0.1, -0.05) is 0 Å². The maximum Gasteiger partial charge on any atom is 0.320 e. The van der Waals surface area contributed by atoms with Crippen LogP contribution in [0.4, 0.5) is 0 Å². The number of hydrogen-bond acceptors (Lipinski definition) is 6. The van der Waals surface area contributed by atoms with E-state index in [2.05, 4.69) is 0 Å². The Balaban J connectivity index is 0. The molecule has 0 aromatic rings. The molecule has 0 saturated heterocycles. The van der Waals surface area contributed by atoms with Crippen LogP contribution in [0.25, 0.3) is 0 Å². The highest BCUT2D eigenvalue weighted by atomic mass is 16.4. The van der Waals surface area contributed by atoms with Crippen LogP contribution in [0.5, 0.6) is 0 Å². The van der Waals surface area contributed by atoms with Crippen LogP contribution in [0.3, 0.4) is 0 Å². The molecular weight excluding hydrogens is 268 g/mol. The fourth-order valence-electron chi connectivity index (χ4n) is 1.20. The first-order valence-electron chi connectivity index (χ1n) is 6.55. The van der Waals surface area contributed by atoms with Gasteiger partial charge in [-0.15, -0.1) is 0 Å². The quantitative estimate of drug-likeness (QED) is 0.282. The smallest absolute Gasteiger partial charge is 0.320 e. The molecular formula is C12H26N2O6. The number of rotatable bonds is 10. The van der Waals surface area contributed by atoms with Crippen molar-refractivity contribution in [2.45, 2.75) is 50.6 Å². The van der Waals surface area contributed by atoms with Gasteiger partial charge in [0.25, 0.3) is 0 Å². The summed E-state index contributed by atoms with van der Waals surface area (Å²) in [4.78, 5) is 20.2. The van der Waals surface area contributed by atoms with Gasteiger partial charge in [0.15, 0.2) is 0 Å². The minimum absolute atomic E-state index is 0.104. The van der Waals surface area contributed by atoms with Crippen LogP contribution < -0.4 is 11.5 Å². The number of aliphatic hydroxyl groups excluding tert-OH is 2.